The number of aliphatic carboxylic acids is 1. The van der Waals surface area contributed by atoms with E-state index in [1.165, 1.54) is 11.3 Å². The zero-order valence-electron chi connectivity index (χ0n) is 10.4. The van der Waals surface area contributed by atoms with Crippen molar-refractivity contribution in [3.05, 3.63) is 11.6 Å². The summed E-state index contributed by atoms with van der Waals surface area (Å²) in [6, 6.07) is -0.174. The highest BCUT2D eigenvalue weighted by Crippen LogP contribution is 2.12. The van der Waals surface area contributed by atoms with Gasteiger partial charge in [-0.3, -0.25) is 15.0 Å². The Morgan fingerprint density at radius 2 is 2.21 bits per heavy atom. The van der Waals surface area contributed by atoms with E-state index in [1.807, 2.05) is 4.90 Å². The van der Waals surface area contributed by atoms with Crippen molar-refractivity contribution in [2.45, 2.75) is 6.42 Å². The van der Waals surface area contributed by atoms with E-state index >= 15 is 0 Å². The Morgan fingerprint density at radius 1 is 1.37 bits per heavy atom. The topological polar surface area (TPSA) is 85.8 Å². The van der Waals surface area contributed by atoms with Crippen LogP contribution in [-0.2, 0) is 4.79 Å². The van der Waals surface area contributed by atoms with Crippen LogP contribution in [0.3, 0.4) is 0 Å². The van der Waals surface area contributed by atoms with E-state index < -0.39 is 5.97 Å². The zero-order chi connectivity index (χ0) is 13.7. The number of aromatic nitrogens is 1. The standard InChI is InChI=1S/C11H16N4O3S/c16-9(17)8-14-3-1-4-15(6-5-14)11(18)13-10-12-2-7-19-10/h2,7H,1,3-6,8H2,(H,16,17)(H,12,13,18). The molecule has 104 valence electrons. The fraction of sp³-hybridized carbons (Fsp3) is 0.545. The second-order valence-electron chi connectivity index (χ2n) is 4.28. The van der Waals surface area contributed by atoms with Gasteiger partial charge in [-0.2, -0.15) is 0 Å². The summed E-state index contributed by atoms with van der Waals surface area (Å²) in [5.74, 6) is -0.833. The number of hydrogen-bond donors (Lipinski definition) is 2. The quantitative estimate of drug-likeness (QED) is 0.856. The van der Waals surface area contributed by atoms with Crippen molar-refractivity contribution in [1.29, 1.82) is 0 Å². The summed E-state index contributed by atoms with van der Waals surface area (Å²) < 4.78 is 0. The fourth-order valence-corrected chi connectivity index (χ4v) is 2.50. The van der Waals surface area contributed by atoms with Crippen LogP contribution >= 0.6 is 11.3 Å². The molecule has 1 fully saturated rings. The number of carbonyl (C=O) groups is 2. The molecule has 0 aromatic carbocycles. The molecule has 2 rings (SSSR count). The van der Waals surface area contributed by atoms with Gasteiger partial charge in [-0.1, -0.05) is 0 Å². The largest absolute Gasteiger partial charge is 0.480 e. The number of nitrogens with one attached hydrogen (secondary N) is 1. The van der Waals surface area contributed by atoms with E-state index in [-0.39, 0.29) is 12.6 Å². The number of carboxylic acid groups (broad SMARTS) is 1. The number of urea groups is 1. The van der Waals surface area contributed by atoms with E-state index in [0.29, 0.717) is 31.3 Å². The van der Waals surface area contributed by atoms with Gasteiger partial charge < -0.3 is 10.0 Å². The minimum atomic E-state index is -0.833. The second kappa shape index (κ2) is 6.48. The lowest BCUT2D eigenvalue weighted by molar-refractivity contribution is -0.138. The average Bonchev–Trinajstić information content (AvgIpc) is 2.74. The predicted octanol–water partition coefficient (Wildman–Crippen LogP) is 0.767. The van der Waals surface area contributed by atoms with E-state index in [1.54, 1.807) is 16.5 Å². The maximum atomic E-state index is 12.0. The van der Waals surface area contributed by atoms with Crippen LogP contribution < -0.4 is 5.32 Å². The number of thiazole rings is 1. The Bertz CT molecular complexity index is 437. The van der Waals surface area contributed by atoms with Crippen molar-refractivity contribution >= 4 is 28.5 Å². The molecule has 0 unspecified atom stereocenters. The minimum Gasteiger partial charge on any atom is -0.480 e. The van der Waals surface area contributed by atoms with E-state index in [2.05, 4.69) is 10.3 Å². The fourth-order valence-electron chi connectivity index (χ4n) is 1.98. The summed E-state index contributed by atoms with van der Waals surface area (Å²) in [6.07, 6.45) is 2.41. The van der Waals surface area contributed by atoms with Crippen LogP contribution in [0.5, 0.6) is 0 Å². The Hall–Kier alpha value is -1.67. The third-order valence-electron chi connectivity index (χ3n) is 2.88. The van der Waals surface area contributed by atoms with Gasteiger partial charge in [0.2, 0.25) is 0 Å². The van der Waals surface area contributed by atoms with Crippen LogP contribution in [0.15, 0.2) is 11.6 Å². The van der Waals surface area contributed by atoms with E-state index in [4.69, 9.17) is 5.11 Å². The SMILES string of the molecule is O=C(O)CN1CCCN(C(=O)Nc2nccs2)CC1. The third-order valence-corrected chi connectivity index (χ3v) is 3.57. The molecule has 8 heteroatoms. The van der Waals surface area contributed by atoms with Crippen LogP contribution in [0.2, 0.25) is 0 Å². The molecular formula is C11H16N4O3S. The van der Waals surface area contributed by atoms with E-state index in [9.17, 15) is 9.59 Å². The molecule has 1 aliphatic rings. The molecule has 1 aromatic rings. The first-order chi connectivity index (χ1) is 9.15. The average molecular weight is 284 g/mol. The number of amides is 2. The van der Waals surface area contributed by atoms with Crippen LogP contribution in [0.4, 0.5) is 9.93 Å². The first-order valence-corrected chi connectivity index (χ1v) is 6.92. The minimum absolute atomic E-state index is 0.0297. The van der Waals surface area contributed by atoms with Gasteiger partial charge in [0.15, 0.2) is 5.13 Å². The first-order valence-electron chi connectivity index (χ1n) is 6.05. The van der Waals surface area contributed by atoms with Crippen molar-refractivity contribution in [3.8, 4) is 0 Å². The van der Waals surface area contributed by atoms with Gasteiger partial charge in [0.05, 0.1) is 6.54 Å². The molecule has 2 N–H and O–H groups in total. The van der Waals surface area contributed by atoms with Crippen LogP contribution in [-0.4, -0.2) is 64.6 Å². The molecule has 0 saturated carbocycles. The van der Waals surface area contributed by atoms with Crippen LogP contribution in [0, 0.1) is 0 Å². The van der Waals surface area contributed by atoms with Crippen LogP contribution in [0.25, 0.3) is 0 Å². The molecule has 1 aliphatic heterocycles. The molecule has 0 bridgehead atoms. The highest BCUT2D eigenvalue weighted by Gasteiger charge is 2.20. The van der Waals surface area contributed by atoms with Gasteiger partial charge in [0.1, 0.15) is 0 Å². The summed E-state index contributed by atoms with van der Waals surface area (Å²) in [6.45, 7) is 2.48. The molecule has 7 nitrogen and oxygen atoms in total. The molecule has 0 radical (unpaired) electrons. The zero-order valence-corrected chi connectivity index (χ0v) is 11.2. The lowest BCUT2D eigenvalue weighted by atomic mass is 10.4. The number of anilines is 1. The lowest BCUT2D eigenvalue weighted by Gasteiger charge is -2.20. The number of carbonyl (C=O) groups excluding carboxylic acids is 1. The number of nitrogens with zero attached hydrogens (tertiary/aromatic N) is 3. The molecule has 2 amide bonds. The molecule has 1 saturated heterocycles. The maximum Gasteiger partial charge on any atom is 0.323 e. The number of hydrogen-bond acceptors (Lipinski definition) is 5. The van der Waals surface area contributed by atoms with Gasteiger partial charge in [0, 0.05) is 37.8 Å². The van der Waals surface area contributed by atoms with Gasteiger partial charge in [-0.15, -0.1) is 11.3 Å². The molecule has 19 heavy (non-hydrogen) atoms. The van der Waals surface area contributed by atoms with Crippen molar-refractivity contribution in [2.24, 2.45) is 0 Å². The molecule has 0 spiro atoms. The summed E-state index contributed by atoms with van der Waals surface area (Å²) >= 11 is 1.37. The summed E-state index contributed by atoms with van der Waals surface area (Å²) in [4.78, 5) is 30.2. The highest BCUT2D eigenvalue weighted by atomic mass is 32.1. The normalized spacial score (nSPS) is 16.9. The Labute approximate surface area is 114 Å². The van der Waals surface area contributed by atoms with Crippen molar-refractivity contribution < 1.29 is 14.7 Å². The van der Waals surface area contributed by atoms with E-state index in [0.717, 1.165) is 6.42 Å². The van der Waals surface area contributed by atoms with Crippen molar-refractivity contribution in [3.63, 3.8) is 0 Å². The molecule has 0 aliphatic carbocycles. The molecule has 0 atom stereocenters. The number of carboxylic acids is 1. The van der Waals surface area contributed by atoms with Gasteiger partial charge in [-0.25, -0.2) is 9.78 Å². The van der Waals surface area contributed by atoms with Gasteiger partial charge in [-0.05, 0) is 6.42 Å². The number of rotatable bonds is 3. The Kier molecular flexibility index (Phi) is 4.69. The van der Waals surface area contributed by atoms with Crippen molar-refractivity contribution in [2.75, 3.05) is 38.0 Å². The monoisotopic (exact) mass is 284 g/mol. The molecular weight excluding hydrogens is 268 g/mol. The highest BCUT2D eigenvalue weighted by molar-refractivity contribution is 7.13. The Balaban J connectivity index is 1.84. The van der Waals surface area contributed by atoms with Crippen LogP contribution in [0.1, 0.15) is 6.42 Å². The Morgan fingerprint density at radius 3 is 2.89 bits per heavy atom. The molecule has 1 aromatic heterocycles. The third kappa shape index (κ3) is 4.18. The maximum absolute atomic E-state index is 12.0. The first kappa shape index (κ1) is 13.8. The van der Waals surface area contributed by atoms with Crippen molar-refractivity contribution in [1.82, 2.24) is 14.8 Å². The predicted molar refractivity (Wildman–Crippen MR) is 71.4 cm³/mol. The summed E-state index contributed by atoms with van der Waals surface area (Å²) in [5, 5.41) is 13.9. The smallest absolute Gasteiger partial charge is 0.323 e. The summed E-state index contributed by atoms with van der Waals surface area (Å²) in [5.41, 5.74) is 0. The van der Waals surface area contributed by atoms with Gasteiger partial charge in [0.25, 0.3) is 0 Å². The van der Waals surface area contributed by atoms with Gasteiger partial charge >= 0.3 is 12.0 Å². The summed E-state index contributed by atoms with van der Waals surface area (Å²) in [7, 11) is 0. The lowest BCUT2D eigenvalue weighted by Crippen LogP contribution is -2.38. The molecule has 2 heterocycles. The second-order valence-corrected chi connectivity index (χ2v) is 5.17.